The van der Waals surface area contributed by atoms with Gasteiger partial charge in [0.05, 0.1) is 0 Å². The van der Waals surface area contributed by atoms with Crippen molar-refractivity contribution in [3.8, 4) is 0 Å². The molecule has 1 aliphatic heterocycles. The van der Waals surface area contributed by atoms with E-state index >= 15 is 0 Å². The van der Waals surface area contributed by atoms with Crippen molar-refractivity contribution in [2.24, 2.45) is 11.8 Å². The van der Waals surface area contributed by atoms with Gasteiger partial charge < -0.3 is 10.6 Å². The van der Waals surface area contributed by atoms with Gasteiger partial charge in [-0.3, -0.25) is 0 Å². The molecule has 1 aliphatic carbocycles. The predicted molar refractivity (Wildman–Crippen MR) is 83.5 cm³/mol. The monoisotopic (exact) mass is 266 g/mol. The largest absolute Gasteiger partial charge is 0.314 e. The molecule has 2 aliphatic rings. The van der Waals surface area contributed by atoms with E-state index < -0.39 is 0 Å². The zero-order chi connectivity index (χ0) is 13.5. The summed E-state index contributed by atoms with van der Waals surface area (Å²) >= 11 is 0. The molecule has 1 saturated carbocycles. The fourth-order valence-electron chi connectivity index (χ4n) is 3.93. The highest BCUT2D eigenvalue weighted by Gasteiger charge is 2.33. The Morgan fingerprint density at radius 3 is 2.68 bits per heavy atom. The summed E-state index contributed by atoms with van der Waals surface area (Å²) in [6.07, 6.45) is 12.7. The van der Waals surface area contributed by atoms with Crippen molar-refractivity contribution >= 4 is 0 Å². The van der Waals surface area contributed by atoms with Gasteiger partial charge in [0.1, 0.15) is 0 Å². The normalized spacial score (nSPS) is 32.1. The van der Waals surface area contributed by atoms with Crippen molar-refractivity contribution in [2.45, 2.75) is 83.7 Å². The Hall–Kier alpha value is -0.0800. The van der Waals surface area contributed by atoms with Gasteiger partial charge in [0.2, 0.25) is 0 Å². The second-order valence-corrected chi connectivity index (χ2v) is 7.10. The minimum Gasteiger partial charge on any atom is -0.314 e. The van der Waals surface area contributed by atoms with Gasteiger partial charge in [0.15, 0.2) is 0 Å². The Balaban J connectivity index is 1.64. The van der Waals surface area contributed by atoms with Crippen LogP contribution in [0.15, 0.2) is 0 Å². The Morgan fingerprint density at radius 2 is 1.95 bits per heavy atom. The van der Waals surface area contributed by atoms with Crippen molar-refractivity contribution in [2.75, 3.05) is 13.1 Å². The summed E-state index contributed by atoms with van der Waals surface area (Å²) in [6, 6.07) is 1.61. The molecule has 0 aromatic rings. The molecule has 19 heavy (non-hydrogen) atoms. The van der Waals surface area contributed by atoms with E-state index in [0.29, 0.717) is 0 Å². The number of rotatable bonds is 7. The fourth-order valence-corrected chi connectivity index (χ4v) is 3.93. The third-order valence-corrected chi connectivity index (χ3v) is 5.05. The second-order valence-electron chi connectivity index (χ2n) is 7.10. The smallest absolute Gasteiger partial charge is 0.0110 e. The third kappa shape index (κ3) is 5.07. The van der Waals surface area contributed by atoms with Crippen LogP contribution >= 0.6 is 0 Å². The molecule has 2 nitrogen and oxygen atoms in total. The van der Waals surface area contributed by atoms with Gasteiger partial charge in [-0.15, -0.1) is 0 Å². The maximum atomic E-state index is 3.86. The summed E-state index contributed by atoms with van der Waals surface area (Å²) in [6.45, 7) is 7.15. The second kappa shape index (κ2) is 8.26. The van der Waals surface area contributed by atoms with Crippen LogP contribution in [0.5, 0.6) is 0 Å². The first-order chi connectivity index (χ1) is 9.27. The van der Waals surface area contributed by atoms with Crippen molar-refractivity contribution < 1.29 is 0 Å². The van der Waals surface area contributed by atoms with Crippen LogP contribution in [0.2, 0.25) is 0 Å². The van der Waals surface area contributed by atoms with E-state index in [2.05, 4.69) is 24.5 Å². The fraction of sp³-hybridized carbons (Fsp3) is 1.00. The number of nitrogens with one attached hydrogen (secondary N) is 2. The van der Waals surface area contributed by atoms with E-state index in [0.717, 1.165) is 23.9 Å². The Labute approximate surface area is 120 Å². The van der Waals surface area contributed by atoms with Crippen LogP contribution in [0.25, 0.3) is 0 Å². The van der Waals surface area contributed by atoms with Crippen LogP contribution in [0.3, 0.4) is 0 Å². The molecular formula is C17H34N2. The quantitative estimate of drug-likeness (QED) is 0.686. The van der Waals surface area contributed by atoms with E-state index in [9.17, 15) is 0 Å². The molecule has 2 heteroatoms. The molecule has 0 spiro atoms. The molecule has 0 aromatic carbocycles. The molecular weight excluding hydrogens is 232 g/mol. The third-order valence-electron chi connectivity index (χ3n) is 5.05. The lowest BCUT2D eigenvalue weighted by Gasteiger charge is -2.33. The van der Waals surface area contributed by atoms with E-state index in [-0.39, 0.29) is 0 Å². The van der Waals surface area contributed by atoms with Gasteiger partial charge in [-0.25, -0.2) is 0 Å². The Kier molecular flexibility index (Phi) is 6.66. The van der Waals surface area contributed by atoms with Crippen molar-refractivity contribution in [1.82, 2.24) is 10.6 Å². The number of piperidine rings is 1. The highest BCUT2D eigenvalue weighted by atomic mass is 15.0. The summed E-state index contributed by atoms with van der Waals surface area (Å²) in [5, 5.41) is 7.63. The highest BCUT2D eigenvalue weighted by Crippen LogP contribution is 2.31. The first kappa shape index (κ1) is 15.3. The molecule has 3 atom stereocenters. The summed E-state index contributed by atoms with van der Waals surface area (Å²) in [7, 11) is 0. The Morgan fingerprint density at radius 1 is 1.05 bits per heavy atom. The summed E-state index contributed by atoms with van der Waals surface area (Å²) < 4.78 is 0. The van der Waals surface area contributed by atoms with E-state index in [1.165, 1.54) is 70.9 Å². The Bertz CT molecular complexity index is 233. The zero-order valence-electron chi connectivity index (χ0n) is 13.1. The molecule has 2 rings (SSSR count). The first-order valence-electron chi connectivity index (χ1n) is 8.74. The van der Waals surface area contributed by atoms with E-state index in [1.807, 2.05) is 0 Å². The molecule has 0 amide bonds. The molecule has 2 N–H and O–H groups in total. The number of unbranched alkanes of at least 4 members (excludes halogenated alkanes) is 1. The topological polar surface area (TPSA) is 24.1 Å². The van der Waals surface area contributed by atoms with E-state index in [1.54, 1.807) is 0 Å². The summed E-state index contributed by atoms with van der Waals surface area (Å²) in [5.41, 5.74) is 0. The molecule has 0 radical (unpaired) electrons. The first-order valence-corrected chi connectivity index (χ1v) is 8.74. The van der Waals surface area contributed by atoms with Crippen molar-refractivity contribution in [3.63, 3.8) is 0 Å². The van der Waals surface area contributed by atoms with Gasteiger partial charge in [0.25, 0.3) is 0 Å². The van der Waals surface area contributed by atoms with Gasteiger partial charge in [-0.2, -0.15) is 0 Å². The average Bonchev–Trinajstić information content (AvgIpc) is 2.87. The van der Waals surface area contributed by atoms with Crippen LogP contribution < -0.4 is 10.6 Å². The van der Waals surface area contributed by atoms with Crippen LogP contribution in [-0.2, 0) is 0 Å². The van der Waals surface area contributed by atoms with Crippen molar-refractivity contribution in [1.29, 1.82) is 0 Å². The minimum atomic E-state index is 0.801. The molecule has 2 fully saturated rings. The van der Waals surface area contributed by atoms with Crippen LogP contribution in [0, 0.1) is 11.8 Å². The van der Waals surface area contributed by atoms with Gasteiger partial charge in [-0.1, -0.05) is 39.5 Å². The maximum absolute atomic E-state index is 3.86. The standard InChI is InChI=1S/C17H34N2/c1-14(2)8-3-5-12-19-17-11-7-9-15(17)16-10-4-6-13-18-16/h14-19H,3-13H2,1-2H3. The molecule has 0 bridgehead atoms. The lowest BCUT2D eigenvalue weighted by molar-refractivity contribution is 0.257. The van der Waals surface area contributed by atoms with Gasteiger partial charge in [0, 0.05) is 12.1 Å². The number of hydrogen-bond acceptors (Lipinski definition) is 2. The molecule has 112 valence electrons. The van der Waals surface area contributed by atoms with Crippen LogP contribution in [-0.4, -0.2) is 25.2 Å². The average molecular weight is 266 g/mol. The van der Waals surface area contributed by atoms with Crippen LogP contribution in [0.1, 0.15) is 71.6 Å². The number of hydrogen-bond donors (Lipinski definition) is 2. The summed E-state index contributed by atoms with van der Waals surface area (Å²) in [4.78, 5) is 0. The molecule has 0 aromatic heterocycles. The maximum Gasteiger partial charge on any atom is 0.0110 e. The molecule has 1 heterocycles. The molecule has 3 unspecified atom stereocenters. The SMILES string of the molecule is CC(C)CCCCNC1CCCC1C1CCCCN1. The predicted octanol–water partition coefficient (Wildman–Crippen LogP) is 3.71. The highest BCUT2D eigenvalue weighted by molar-refractivity contribution is 4.92. The lowest BCUT2D eigenvalue weighted by Crippen LogP contribution is -2.47. The lowest BCUT2D eigenvalue weighted by atomic mass is 9.88. The van der Waals surface area contributed by atoms with E-state index in [4.69, 9.17) is 0 Å². The van der Waals surface area contributed by atoms with Gasteiger partial charge in [-0.05, 0) is 57.0 Å². The van der Waals surface area contributed by atoms with Gasteiger partial charge >= 0.3 is 0 Å². The minimum absolute atomic E-state index is 0.801. The van der Waals surface area contributed by atoms with Crippen molar-refractivity contribution in [3.05, 3.63) is 0 Å². The van der Waals surface area contributed by atoms with Crippen LogP contribution in [0.4, 0.5) is 0 Å². The summed E-state index contributed by atoms with van der Waals surface area (Å²) in [5.74, 6) is 1.77. The molecule has 1 saturated heterocycles. The zero-order valence-corrected chi connectivity index (χ0v) is 13.1.